The number of ketones is 1. The highest BCUT2D eigenvalue weighted by Gasteiger charge is 2.27. The van der Waals surface area contributed by atoms with Gasteiger partial charge in [-0.25, -0.2) is 4.39 Å². The number of hydrogen-bond acceptors (Lipinski definition) is 3. The van der Waals surface area contributed by atoms with E-state index < -0.39 is 17.5 Å². The molecule has 0 atom stereocenters. The van der Waals surface area contributed by atoms with Crippen molar-refractivity contribution in [2.75, 3.05) is 18.4 Å². The average molecular weight is 417 g/mol. The number of piperidine rings is 1. The number of carbonyl (C=O) groups excluding carboxylic acids is 3. The number of Topliss-reactive ketones (excluding diaryl/α,β-unsaturated/α-hetero) is 1. The van der Waals surface area contributed by atoms with E-state index in [1.165, 1.54) is 18.2 Å². The highest BCUT2D eigenvalue weighted by molar-refractivity contribution is 6.42. The summed E-state index contributed by atoms with van der Waals surface area (Å²) in [6, 6.07) is 12.6. The van der Waals surface area contributed by atoms with Crippen molar-refractivity contribution in [2.45, 2.75) is 25.7 Å². The molecule has 0 aliphatic carbocycles. The van der Waals surface area contributed by atoms with Gasteiger partial charge in [-0.15, -0.1) is 0 Å². The van der Waals surface area contributed by atoms with Gasteiger partial charge in [0.15, 0.2) is 0 Å². The van der Waals surface area contributed by atoms with Crippen LogP contribution in [-0.2, 0) is 9.59 Å². The first kappa shape index (κ1) is 21.0. The van der Waals surface area contributed by atoms with Crippen LogP contribution in [0.3, 0.4) is 0 Å². The molecular weight excluding hydrogens is 395 g/mol. The maximum absolute atomic E-state index is 13.2. The van der Waals surface area contributed by atoms with Crippen molar-refractivity contribution in [3.8, 4) is 0 Å². The molecule has 0 unspecified atom stereocenters. The van der Waals surface area contributed by atoms with E-state index in [4.69, 9.17) is 11.6 Å². The Morgan fingerprint density at radius 2 is 1.76 bits per heavy atom. The molecule has 1 aliphatic rings. The molecule has 1 aliphatic heterocycles. The molecule has 1 fully saturated rings. The highest BCUT2D eigenvalue weighted by Crippen LogP contribution is 2.24. The number of likely N-dealkylation sites (tertiary alicyclic amines) is 1. The van der Waals surface area contributed by atoms with Crippen LogP contribution in [0.15, 0.2) is 48.5 Å². The first-order valence-corrected chi connectivity index (χ1v) is 9.95. The van der Waals surface area contributed by atoms with E-state index in [9.17, 15) is 18.8 Å². The summed E-state index contributed by atoms with van der Waals surface area (Å²) in [5.74, 6) is -1.34. The van der Waals surface area contributed by atoms with Crippen LogP contribution in [0.4, 0.5) is 10.1 Å². The van der Waals surface area contributed by atoms with Crippen LogP contribution >= 0.6 is 11.6 Å². The van der Waals surface area contributed by atoms with Crippen molar-refractivity contribution >= 4 is 34.9 Å². The van der Waals surface area contributed by atoms with Gasteiger partial charge in [0.25, 0.3) is 5.91 Å². The predicted octanol–water partition coefficient (Wildman–Crippen LogP) is 4.32. The molecule has 3 rings (SSSR count). The first-order valence-electron chi connectivity index (χ1n) is 9.57. The second-order valence-corrected chi connectivity index (χ2v) is 7.55. The molecule has 0 spiro atoms. The number of anilines is 1. The Balaban J connectivity index is 1.42. The van der Waals surface area contributed by atoms with Crippen molar-refractivity contribution in [1.29, 1.82) is 0 Å². The van der Waals surface area contributed by atoms with Crippen molar-refractivity contribution < 1.29 is 18.8 Å². The zero-order valence-corrected chi connectivity index (χ0v) is 16.6. The second-order valence-electron chi connectivity index (χ2n) is 7.15. The van der Waals surface area contributed by atoms with Gasteiger partial charge in [0, 0.05) is 30.8 Å². The third kappa shape index (κ3) is 5.64. The quantitative estimate of drug-likeness (QED) is 0.563. The molecule has 0 radical (unpaired) electrons. The summed E-state index contributed by atoms with van der Waals surface area (Å²) in [7, 11) is 0. The Labute approximate surface area is 173 Å². The average Bonchev–Trinajstić information content (AvgIpc) is 2.75. The molecule has 0 aromatic heterocycles. The van der Waals surface area contributed by atoms with Crippen LogP contribution in [0.25, 0.3) is 0 Å². The molecular formula is C22H22ClFN2O3. The van der Waals surface area contributed by atoms with E-state index in [-0.39, 0.29) is 10.9 Å². The number of halogens is 2. The lowest BCUT2D eigenvalue weighted by Crippen LogP contribution is -2.42. The van der Waals surface area contributed by atoms with Crippen molar-refractivity contribution in [3.63, 3.8) is 0 Å². The van der Waals surface area contributed by atoms with Crippen molar-refractivity contribution in [3.05, 3.63) is 64.9 Å². The standard InChI is InChI=1S/C22H22ClFN2O3/c23-18-14-17(7-8-19(18)24)25-20(27)9-6-15-10-12-26(13-11-15)22(29)21(28)16-4-2-1-3-5-16/h1-5,7-8,14-15H,6,9-13H2,(H,25,27). The Hall–Kier alpha value is -2.73. The minimum Gasteiger partial charge on any atom is -0.336 e. The van der Waals surface area contributed by atoms with Crippen LogP contribution < -0.4 is 5.32 Å². The largest absolute Gasteiger partial charge is 0.336 e. The molecule has 1 heterocycles. The Kier molecular flexibility index (Phi) is 6.99. The van der Waals surface area contributed by atoms with Gasteiger partial charge in [-0.1, -0.05) is 41.9 Å². The van der Waals surface area contributed by atoms with Gasteiger partial charge < -0.3 is 10.2 Å². The Morgan fingerprint density at radius 3 is 2.41 bits per heavy atom. The number of rotatable bonds is 6. The summed E-state index contributed by atoms with van der Waals surface area (Å²) < 4.78 is 13.2. The maximum Gasteiger partial charge on any atom is 0.294 e. The summed E-state index contributed by atoms with van der Waals surface area (Å²) in [4.78, 5) is 38.4. The minimum absolute atomic E-state index is 0.0371. The molecule has 5 nitrogen and oxygen atoms in total. The van der Waals surface area contributed by atoms with Crippen molar-refractivity contribution in [1.82, 2.24) is 4.90 Å². The molecule has 2 amide bonds. The van der Waals surface area contributed by atoms with Crippen LogP contribution in [0.2, 0.25) is 5.02 Å². The molecule has 1 N–H and O–H groups in total. The lowest BCUT2D eigenvalue weighted by Gasteiger charge is -2.31. The molecule has 1 saturated heterocycles. The van der Waals surface area contributed by atoms with Gasteiger partial charge in [-0.2, -0.15) is 0 Å². The van der Waals surface area contributed by atoms with E-state index in [0.29, 0.717) is 43.1 Å². The summed E-state index contributed by atoms with van der Waals surface area (Å²) >= 11 is 5.71. The molecule has 7 heteroatoms. The smallest absolute Gasteiger partial charge is 0.294 e. The number of benzene rings is 2. The lowest BCUT2D eigenvalue weighted by molar-refractivity contribution is -0.128. The summed E-state index contributed by atoms with van der Waals surface area (Å²) in [5.41, 5.74) is 0.860. The number of amides is 2. The molecule has 29 heavy (non-hydrogen) atoms. The summed E-state index contributed by atoms with van der Waals surface area (Å²) in [5, 5.41) is 2.67. The normalized spacial score (nSPS) is 14.5. The van der Waals surface area contributed by atoms with Gasteiger partial charge >= 0.3 is 0 Å². The zero-order valence-electron chi connectivity index (χ0n) is 15.9. The topological polar surface area (TPSA) is 66.5 Å². The first-order chi connectivity index (χ1) is 13.9. The molecule has 2 aromatic carbocycles. The fraction of sp³-hybridized carbons (Fsp3) is 0.318. The summed E-state index contributed by atoms with van der Waals surface area (Å²) in [6.45, 7) is 1.02. The van der Waals surface area contributed by atoms with E-state index in [1.54, 1.807) is 35.2 Å². The number of hydrogen-bond donors (Lipinski definition) is 1. The number of nitrogens with one attached hydrogen (secondary N) is 1. The van der Waals surface area contributed by atoms with Crippen LogP contribution in [0, 0.1) is 11.7 Å². The fourth-order valence-electron chi connectivity index (χ4n) is 3.41. The van der Waals surface area contributed by atoms with Crippen molar-refractivity contribution in [2.24, 2.45) is 5.92 Å². The van der Waals surface area contributed by atoms with E-state index >= 15 is 0 Å². The molecule has 0 saturated carbocycles. The van der Waals surface area contributed by atoms with Gasteiger partial charge in [0.1, 0.15) is 5.82 Å². The predicted molar refractivity (Wildman–Crippen MR) is 109 cm³/mol. The lowest BCUT2D eigenvalue weighted by atomic mass is 9.91. The summed E-state index contributed by atoms with van der Waals surface area (Å²) in [6.07, 6.45) is 2.53. The Morgan fingerprint density at radius 1 is 1.07 bits per heavy atom. The highest BCUT2D eigenvalue weighted by atomic mass is 35.5. The zero-order chi connectivity index (χ0) is 20.8. The minimum atomic E-state index is -0.531. The van der Waals surface area contributed by atoms with Gasteiger partial charge in [0.05, 0.1) is 5.02 Å². The van der Waals surface area contributed by atoms with Gasteiger partial charge in [-0.05, 0) is 43.4 Å². The maximum atomic E-state index is 13.2. The third-order valence-electron chi connectivity index (χ3n) is 5.11. The Bertz CT molecular complexity index is 896. The third-order valence-corrected chi connectivity index (χ3v) is 5.40. The van der Waals surface area contributed by atoms with Gasteiger partial charge in [-0.3, -0.25) is 14.4 Å². The van der Waals surface area contributed by atoms with E-state index in [0.717, 1.165) is 12.8 Å². The SMILES string of the molecule is O=C(CCC1CCN(C(=O)C(=O)c2ccccc2)CC1)Nc1ccc(F)c(Cl)c1. The number of carbonyl (C=O) groups is 3. The molecule has 0 bridgehead atoms. The fourth-order valence-corrected chi connectivity index (χ4v) is 3.59. The van der Waals surface area contributed by atoms with Gasteiger partial charge in [0.2, 0.25) is 11.7 Å². The van der Waals surface area contributed by atoms with Crippen LogP contribution in [0.5, 0.6) is 0 Å². The molecule has 2 aromatic rings. The van der Waals surface area contributed by atoms with Crippen LogP contribution in [0.1, 0.15) is 36.0 Å². The van der Waals surface area contributed by atoms with Crippen LogP contribution in [-0.4, -0.2) is 35.6 Å². The van der Waals surface area contributed by atoms with E-state index in [2.05, 4.69) is 5.32 Å². The van der Waals surface area contributed by atoms with E-state index in [1.807, 2.05) is 0 Å². The number of nitrogens with zero attached hydrogens (tertiary/aromatic N) is 1. The second kappa shape index (κ2) is 9.65. The molecule has 152 valence electrons. The monoisotopic (exact) mass is 416 g/mol.